The number of rotatable bonds is 45. The molecule has 0 heterocycles. The Morgan fingerprint density at radius 1 is 0.525 bits per heavy atom. The van der Waals surface area contributed by atoms with Crippen molar-refractivity contribution in [2.24, 2.45) is 0 Å². The molecule has 0 saturated carbocycles. The van der Waals surface area contributed by atoms with Gasteiger partial charge in [-0.2, -0.15) is 0 Å². The zero-order valence-electron chi connectivity index (χ0n) is 39.6. The minimum atomic E-state index is -4.38. The van der Waals surface area contributed by atoms with Crippen LogP contribution in [0.25, 0.3) is 0 Å². The first kappa shape index (κ1) is 58.7. The van der Waals surface area contributed by atoms with Crippen molar-refractivity contribution in [3.8, 4) is 0 Å². The Hall–Kier alpha value is -2.29. The van der Waals surface area contributed by atoms with Gasteiger partial charge in [-0.3, -0.25) is 18.6 Å². The molecule has 354 valence electrons. The Morgan fingerprint density at radius 3 is 1.38 bits per heavy atom. The molecule has 9 nitrogen and oxygen atoms in total. The number of ether oxygens (including phenoxy) is 2. The van der Waals surface area contributed by atoms with Gasteiger partial charge in [-0.25, -0.2) is 4.57 Å². The maximum absolute atomic E-state index is 12.7. The van der Waals surface area contributed by atoms with Crippen LogP contribution in [0.5, 0.6) is 0 Å². The number of hydrogen-bond acceptors (Lipinski definition) is 8. The molecule has 0 aliphatic carbocycles. The molecule has 0 amide bonds. The van der Waals surface area contributed by atoms with E-state index in [1.54, 1.807) is 0 Å². The van der Waals surface area contributed by atoms with E-state index in [4.69, 9.17) is 18.5 Å². The summed E-state index contributed by atoms with van der Waals surface area (Å²) in [6, 6.07) is 0. The van der Waals surface area contributed by atoms with Crippen LogP contribution in [0, 0.1) is 0 Å². The third-order valence-corrected chi connectivity index (χ3v) is 11.3. The number of esters is 2. The summed E-state index contributed by atoms with van der Waals surface area (Å²) in [6.45, 7) is 4.16. The van der Waals surface area contributed by atoms with E-state index < -0.39 is 26.5 Å². The average Bonchev–Trinajstić information content (AvgIpc) is 3.23. The fourth-order valence-corrected chi connectivity index (χ4v) is 7.35. The lowest BCUT2D eigenvalue weighted by Gasteiger charge is -2.20. The van der Waals surface area contributed by atoms with Crippen LogP contribution >= 0.6 is 7.82 Å². The van der Waals surface area contributed by atoms with E-state index in [2.05, 4.69) is 68.5 Å². The molecule has 2 unspecified atom stereocenters. The number of nitrogens with zero attached hydrogens (tertiary/aromatic N) is 1. The van der Waals surface area contributed by atoms with Crippen molar-refractivity contribution in [3.05, 3.63) is 60.8 Å². The van der Waals surface area contributed by atoms with Gasteiger partial charge < -0.3 is 19.3 Å². The Balaban J connectivity index is 4.25. The van der Waals surface area contributed by atoms with Gasteiger partial charge in [0, 0.05) is 19.4 Å². The van der Waals surface area contributed by atoms with Crippen molar-refractivity contribution < 1.29 is 37.6 Å². The molecule has 10 heteroatoms. The first-order valence-electron chi connectivity index (χ1n) is 24.6. The summed E-state index contributed by atoms with van der Waals surface area (Å²) in [5.41, 5.74) is 0. The van der Waals surface area contributed by atoms with Gasteiger partial charge in [0.1, 0.15) is 6.61 Å². The fraction of sp³-hybridized carbons (Fsp3) is 0.765. The van der Waals surface area contributed by atoms with Gasteiger partial charge in [0.25, 0.3) is 0 Å². The fourth-order valence-electron chi connectivity index (χ4n) is 6.61. The van der Waals surface area contributed by atoms with E-state index in [1.807, 2.05) is 25.1 Å². The van der Waals surface area contributed by atoms with Gasteiger partial charge >= 0.3 is 19.8 Å². The van der Waals surface area contributed by atoms with Gasteiger partial charge in [0.05, 0.1) is 13.2 Å². The Kier molecular flexibility index (Phi) is 44.0. The van der Waals surface area contributed by atoms with Crippen LogP contribution in [0.1, 0.15) is 206 Å². The lowest BCUT2D eigenvalue weighted by molar-refractivity contribution is -0.161. The molecule has 0 aliphatic rings. The summed E-state index contributed by atoms with van der Waals surface area (Å²) in [5.74, 6) is -0.866. The first-order valence-corrected chi connectivity index (χ1v) is 26.1. The summed E-state index contributed by atoms with van der Waals surface area (Å²) >= 11 is 0. The zero-order valence-corrected chi connectivity index (χ0v) is 40.5. The number of allylic oxidation sites excluding steroid dienone is 10. The molecule has 0 aliphatic heterocycles. The van der Waals surface area contributed by atoms with Crippen LogP contribution in [0.2, 0.25) is 0 Å². The van der Waals surface area contributed by atoms with Gasteiger partial charge in [0.2, 0.25) is 0 Å². The van der Waals surface area contributed by atoms with Crippen molar-refractivity contribution in [2.75, 3.05) is 40.5 Å². The SMILES string of the molecule is CC/C=C\C/C=C\C/C=C\C/C=C\C/C=C\CCCC(=O)OC(COC(=O)CCCCCCCCCCCCCCCCCCCCCCC)COP(=O)(O)OCCN(C)C. The van der Waals surface area contributed by atoms with E-state index in [-0.39, 0.29) is 32.0 Å². The number of carbonyl (C=O) groups is 2. The van der Waals surface area contributed by atoms with Crippen molar-refractivity contribution in [1.29, 1.82) is 0 Å². The minimum absolute atomic E-state index is 0.00444. The van der Waals surface area contributed by atoms with Gasteiger partial charge in [-0.15, -0.1) is 0 Å². The lowest BCUT2D eigenvalue weighted by Crippen LogP contribution is -2.29. The molecule has 0 saturated heterocycles. The van der Waals surface area contributed by atoms with Crippen LogP contribution < -0.4 is 0 Å². The van der Waals surface area contributed by atoms with E-state index in [0.717, 1.165) is 51.4 Å². The third kappa shape index (κ3) is 47.0. The maximum Gasteiger partial charge on any atom is 0.472 e. The highest BCUT2D eigenvalue weighted by Gasteiger charge is 2.26. The standard InChI is InChI=1S/C51H92NO8P/c1-5-7-9-11-13-15-17-19-21-23-24-25-26-28-29-31-33-35-37-39-41-43-50(53)57-47-49(48-59-61(55,56)58-46-45-52(3)4)60-51(54)44-42-40-38-36-34-32-30-27-22-20-18-16-14-12-10-8-6-2/h8,10,14,16,20,22,30,32,36,38,49H,5-7,9,11-13,15,17-19,21,23-29,31,33-35,37,39-48H2,1-4H3,(H,55,56)/b10-8-,16-14-,22-20-,32-30-,38-36-. The predicted molar refractivity (Wildman–Crippen MR) is 257 cm³/mol. The van der Waals surface area contributed by atoms with E-state index >= 15 is 0 Å². The first-order chi connectivity index (χ1) is 29.7. The van der Waals surface area contributed by atoms with E-state index in [1.165, 1.54) is 116 Å². The second-order valence-corrected chi connectivity index (χ2v) is 18.1. The van der Waals surface area contributed by atoms with Crippen LogP contribution in [0.3, 0.4) is 0 Å². The second-order valence-electron chi connectivity index (χ2n) is 16.6. The Bertz CT molecular complexity index is 1200. The molecule has 0 aromatic carbocycles. The van der Waals surface area contributed by atoms with Gasteiger partial charge in [0.15, 0.2) is 6.10 Å². The Morgan fingerprint density at radius 2 is 0.934 bits per heavy atom. The molecule has 0 fully saturated rings. The van der Waals surface area contributed by atoms with Crippen LogP contribution in [0.4, 0.5) is 0 Å². The molecular formula is C51H92NO8P. The van der Waals surface area contributed by atoms with Crippen LogP contribution in [-0.4, -0.2) is 68.3 Å². The summed E-state index contributed by atoms with van der Waals surface area (Å²) in [5, 5.41) is 0. The van der Waals surface area contributed by atoms with Crippen LogP contribution in [-0.2, 0) is 32.7 Å². The van der Waals surface area contributed by atoms with Crippen molar-refractivity contribution in [1.82, 2.24) is 4.90 Å². The number of likely N-dealkylation sites (N-methyl/N-ethyl adjacent to an activating group) is 1. The Labute approximate surface area is 374 Å². The summed E-state index contributed by atoms with van der Waals surface area (Å²) in [7, 11) is -0.743. The molecule has 1 N–H and O–H groups in total. The molecule has 2 atom stereocenters. The number of carbonyl (C=O) groups excluding carboxylic acids is 2. The average molecular weight is 878 g/mol. The van der Waals surface area contributed by atoms with Crippen LogP contribution in [0.15, 0.2) is 60.8 Å². The van der Waals surface area contributed by atoms with E-state index in [0.29, 0.717) is 19.4 Å². The maximum atomic E-state index is 12.7. The van der Waals surface area contributed by atoms with Crippen molar-refractivity contribution in [3.63, 3.8) is 0 Å². The highest BCUT2D eigenvalue weighted by Crippen LogP contribution is 2.43. The highest BCUT2D eigenvalue weighted by molar-refractivity contribution is 7.47. The molecule has 0 aromatic heterocycles. The number of unbranched alkanes of at least 4 members (excludes halogenated alkanes) is 21. The minimum Gasteiger partial charge on any atom is -0.462 e. The van der Waals surface area contributed by atoms with E-state index in [9.17, 15) is 19.0 Å². The summed E-state index contributed by atoms with van der Waals surface area (Å²) in [4.78, 5) is 37.1. The van der Waals surface area contributed by atoms with Gasteiger partial charge in [-0.1, -0.05) is 203 Å². The molecule has 0 aromatic rings. The quantitative estimate of drug-likeness (QED) is 0.0277. The molecule has 0 spiro atoms. The monoisotopic (exact) mass is 878 g/mol. The third-order valence-electron chi connectivity index (χ3n) is 10.3. The molecule has 0 bridgehead atoms. The summed E-state index contributed by atoms with van der Waals surface area (Å²) < 4.78 is 33.5. The van der Waals surface area contributed by atoms with Crippen molar-refractivity contribution >= 4 is 19.8 Å². The number of phosphoric ester groups is 1. The molecule has 0 radical (unpaired) electrons. The second kappa shape index (κ2) is 45.7. The number of phosphoric acid groups is 1. The predicted octanol–water partition coefficient (Wildman–Crippen LogP) is 14.7. The zero-order chi connectivity index (χ0) is 44.8. The smallest absolute Gasteiger partial charge is 0.462 e. The lowest BCUT2D eigenvalue weighted by atomic mass is 10.0. The van der Waals surface area contributed by atoms with Gasteiger partial charge in [-0.05, 0) is 65.5 Å². The number of hydrogen-bond donors (Lipinski definition) is 1. The highest BCUT2D eigenvalue weighted by atomic mass is 31.2. The molecular weight excluding hydrogens is 786 g/mol. The topological polar surface area (TPSA) is 112 Å². The largest absolute Gasteiger partial charge is 0.472 e. The molecule has 0 rings (SSSR count). The summed E-state index contributed by atoms with van der Waals surface area (Å²) in [6.07, 6.45) is 54.3. The molecule has 61 heavy (non-hydrogen) atoms. The van der Waals surface area contributed by atoms with Crippen molar-refractivity contribution in [2.45, 2.75) is 213 Å². The normalized spacial score (nSPS) is 13.8.